The highest BCUT2D eigenvalue weighted by molar-refractivity contribution is 6.21. The zero-order chi connectivity index (χ0) is 24.4. The molecular formula is C23H20N4O7. The van der Waals surface area contributed by atoms with Crippen LogP contribution >= 0.6 is 0 Å². The number of benzene rings is 2. The average Bonchev–Trinajstić information content (AvgIpc) is 3.42. The van der Waals surface area contributed by atoms with Crippen LogP contribution in [0.25, 0.3) is 11.5 Å². The molecule has 0 saturated carbocycles. The van der Waals surface area contributed by atoms with Gasteiger partial charge in [0.2, 0.25) is 5.89 Å². The second-order valence-corrected chi connectivity index (χ2v) is 7.67. The fourth-order valence-corrected chi connectivity index (χ4v) is 3.46. The molecule has 0 saturated heterocycles. The summed E-state index contributed by atoms with van der Waals surface area (Å²) in [7, 11) is 0. The van der Waals surface area contributed by atoms with Crippen molar-refractivity contribution in [1.29, 1.82) is 0 Å². The number of aromatic nitrogens is 2. The highest BCUT2D eigenvalue weighted by Crippen LogP contribution is 2.27. The zero-order valence-electron chi connectivity index (χ0n) is 18.4. The number of amides is 2. The van der Waals surface area contributed by atoms with Crippen LogP contribution in [-0.2, 0) is 4.74 Å². The third-order valence-corrected chi connectivity index (χ3v) is 5.34. The van der Waals surface area contributed by atoms with E-state index in [0.29, 0.717) is 18.5 Å². The van der Waals surface area contributed by atoms with Gasteiger partial charge in [-0.1, -0.05) is 13.3 Å². The Kier molecular flexibility index (Phi) is 6.17. The Labute approximate surface area is 193 Å². The van der Waals surface area contributed by atoms with E-state index >= 15 is 0 Å². The molecule has 0 aliphatic carbocycles. The van der Waals surface area contributed by atoms with Crippen molar-refractivity contribution >= 4 is 23.5 Å². The molecule has 1 aliphatic rings. The van der Waals surface area contributed by atoms with Gasteiger partial charge in [-0.25, -0.2) is 4.79 Å². The number of ether oxygens (including phenoxy) is 1. The van der Waals surface area contributed by atoms with E-state index in [1.165, 1.54) is 47.4 Å². The highest BCUT2D eigenvalue weighted by atomic mass is 16.6. The van der Waals surface area contributed by atoms with Gasteiger partial charge in [0.15, 0.2) is 6.10 Å². The molecule has 1 atom stereocenters. The molecule has 174 valence electrons. The molecule has 11 nitrogen and oxygen atoms in total. The predicted octanol–water partition coefficient (Wildman–Crippen LogP) is 3.96. The number of unbranched alkanes of at least 4 members (excludes halogenated alkanes) is 1. The quantitative estimate of drug-likeness (QED) is 0.209. The van der Waals surface area contributed by atoms with Gasteiger partial charge in [-0.05, 0) is 43.7 Å². The Balaban J connectivity index is 1.46. The van der Waals surface area contributed by atoms with Gasteiger partial charge >= 0.3 is 5.97 Å². The molecule has 0 N–H and O–H groups in total. The molecule has 1 unspecified atom stereocenters. The van der Waals surface area contributed by atoms with Crippen molar-refractivity contribution in [1.82, 2.24) is 15.1 Å². The summed E-state index contributed by atoms with van der Waals surface area (Å²) in [4.78, 5) is 49.2. The average molecular weight is 464 g/mol. The summed E-state index contributed by atoms with van der Waals surface area (Å²) in [5.41, 5.74) is 0.932. The van der Waals surface area contributed by atoms with Crippen LogP contribution in [0.15, 0.2) is 46.9 Å². The number of hydrogen-bond donors (Lipinski definition) is 0. The van der Waals surface area contributed by atoms with E-state index in [1.54, 1.807) is 6.92 Å². The summed E-state index contributed by atoms with van der Waals surface area (Å²) in [6.45, 7) is 3.83. The van der Waals surface area contributed by atoms with Gasteiger partial charge in [0.1, 0.15) is 0 Å². The third-order valence-electron chi connectivity index (χ3n) is 5.34. The van der Waals surface area contributed by atoms with Crippen LogP contribution in [0.5, 0.6) is 0 Å². The minimum atomic E-state index is -0.904. The largest absolute Gasteiger partial charge is 0.449 e. The SMILES string of the molecule is CCCCN1C(=O)c2ccc(C(=O)OC(C)c3nnc(-c4ccc([N+](=O)[O-])cc4)o3)cc2C1=O. The number of carbonyl (C=O) groups is 3. The summed E-state index contributed by atoms with van der Waals surface area (Å²) in [5.74, 6) is -1.38. The molecule has 0 radical (unpaired) electrons. The van der Waals surface area contributed by atoms with Gasteiger partial charge in [0.25, 0.3) is 23.4 Å². The van der Waals surface area contributed by atoms with Gasteiger partial charge in [0, 0.05) is 24.2 Å². The van der Waals surface area contributed by atoms with E-state index in [4.69, 9.17) is 9.15 Å². The summed E-state index contributed by atoms with van der Waals surface area (Å²) in [5, 5.41) is 18.6. The Morgan fingerprint density at radius 2 is 1.82 bits per heavy atom. The first-order valence-electron chi connectivity index (χ1n) is 10.6. The number of nitro benzene ring substituents is 1. The predicted molar refractivity (Wildman–Crippen MR) is 117 cm³/mol. The van der Waals surface area contributed by atoms with Crippen molar-refractivity contribution in [3.63, 3.8) is 0 Å². The number of esters is 1. The van der Waals surface area contributed by atoms with Crippen LogP contribution in [-0.4, -0.2) is 44.3 Å². The lowest BCUT2D eigenvalue weighted by Crippen LogP contribution is -2.30. The fourth-order valence-electron chi connectivity index (χ4n) is 3.46. The normalized spacial score (nSPS) is 13.6. The molecule has 3 aromatic rings. The van der Waals surface area contributed by atoms with Crippen molar-refractivity contribution < 1.29 is 28.5 Å². The molecule has 1 aliphatic heterocycles. The lowest BCUT2D eigenvalue weighted by Gasteiger charge is -2.12. The number of carbonyl (C=O) groups excluding carboxylic acids is 3. The van der Waals surface area contributed by atoms with Crippen molar-refractivity contribution in [2.24, 2.45) is 0 Å². The lowest BCUT2D eigenvalue weighted by atomic mass is 10.1. The van der Waals surface area contributed by atoms with E-state index < -0.39 is 22.9 Å². The topological polar surface area (TPSA) is 146 Å². The maximum atomic E-state index is 12.7. The van der Waals surface area contributed by atoms with E-state index in [0.717, 1.165) is 6.42 Å². The Bertz CT molecular complexity index is 1280. The minimum absolute atomic E-state index is 0.0276. The third kappa shape index (κ3) is 4.27. The van der Waals surface area contributed by atoms with E-state index in [1.807, 2.05) is 6.92 Å². The van der Waals surface area contributed by atoms with Gasteiger partial charge in [-0.3, -0.25) is 24.6 Å². The summed E-state index contributed by atoms with van der Waals surface area (Å²) in [6, 6.07) is 9.79. The van der Waals surface area contributed by atoms with Gasteiger partial charge in [-0.15, -0.1) is 10.2 Å². The monoisotopic (exact) mass is 464 g/mol. The van der Waals surface area contributed by atoms with Crippen LogP contribution in [0.3, 0.4) is 0 Å². The second kappa shape index (κ2) is 9.22. The van der Waals surface area contributed by atoms with Crippen molar-refractivity contribution in [3.05, 3.63) is 75.2 Å². The van der Waals surface area contributed by atoms with Crippen LogP contribution in [0, 0.1) is 10.1 Å². The minimum Gasteiger partial charge on any atom is -0.449 e. The molecule has 4 rings (SSSR count). The number of imide groups is 1. The van der Waals surface area contributed by atoms with E-state index in [2.05, 4.69) is 10.2 Å². The lowest BCUT2D eigenvalue weighted by molar-refractivity contribution is -0.384. The molecule has 0 fully saturated rings. The molecular weight excluding hydrogens is 444 g/mol. The Hall–Kier alpha value is -4.41. The van der Waals surface area contributed by atoms with Gasteiger partial charge in [0.05, 0.1) is 21.6 Å². The first-order valence-corrected chi connectivity index (χ1v) is 10.6. The highest BCUT2D eigenvalue weighted by Gasteiger charge is 2.35. The van der Waals surface area contributed by atoms with Crippen LogP contribution < -0.4 is 0 Å². The molecule has 2 aromatic carbocycles. The maximum absolute atomic E-state index is 12.7. The number of hydrogen-bond acceptors (Lipinski definition) is 9. The first-order chi connectivity index (χ1) is 16.3. The standard InChI is InChI=1S/C23H20N4O7/c1-3-4-11-26-21(28)17-10-7-15(12-18(17)22(26)29)23(30)33-13(2)19-24-25-20(34-19)14-5-8-16(9-6-14)27(31)32/h5-10,12-13H,3-4,11H2,1-2H3. The second-order valence-electron chi connectivity index (χ2n) is 7.67. The molecule has 2 amide bonds. The Morgan fingerprint density at radius 1 is 1.12 bits per heavy atom. The van der Waals surface area contributed by atoms with Gasteiger partial charge < -0.3 is 9.15 Å². The van der Waals surface area contributed by atoms with Crippen molar-refractivity contribution in [2.75, 3.05) is 6.54 Å². The van der Waals surface area contributed by atoms with E-state index in [9.17, 15) is 24.5 Å². The van der Waals surface area contributed by atoms with E-state index in [-0.39, 0.29) is 40.1 Å². The summed E-state index contributed by atoms with van der Waals surface area (Å²) in [6.07, 6.45) is 0.632. The number of nitrogens with zero attached hydrogens (tertiary/aromatic N) is 4. The first kappa shape index (κ1) is 22.8. The van der Waals surface area contributed by atoms with Crippen LogP contribution in [0.4, 0.5) is 5.69 Å². The van der Waals surface area contributed by atoms with Crippen molar-refractivity contribution in [2.45, 2.75) is 32.8 Å². The smallest absolute Gasteiger partial charge is 0.338 e. The van der Waals surface area contributed by atoms with Crippen LogP contribution in [0.2, 0.25) is 0 Å². The van der Waals surface area contributed by atoms with Crippen LogP contribution in [0.1, 0.15) is 69.8 Å². The number of non-ortho nitro benzene ring substituents is 1. The van der Waals surface area contributed by atoms with Crippen molar-refractivity contribution in [3.8, 4) is 11.5 Å². The maximum Gasteiger partial charge on any atom is 0.338 e. The number of rotatable bonds is 8. The molecule has 11 heteroatoms. The number of fused-ring (bicyclic) bond motifs is 1. The molecule has 0 spiro atoms. The van der Waals surface area contributed by atoms with Gasteiger partial charge in [-0.2, -0.15) is 0 Å². The summed E-state index contributed by atoms with van der Waals surface area (Å²) >= 11 is 0. The fraction of sp³-hybridized carbons (Fsp3) is 0.261. The summed E-state index contributed by atoms with van der Waals surface area (Å²) < 4.78 is 11.0. The zero-order valence-corrected chi connectivity index (χ0v) is 18.4. The molecule has 1 aromatic heterocycles. The molecule has 34 heavy (non-hydrogen) atoms. The Morgan fingerprint density at radius 3 is 2.50 bits per heavy atom. The molecule has 2 heterocycles. The number of nitro groups is 1. The molecule has 0 bridgehead atoms.